The molecule has 5 heteroatoms. The molecule has 1 rings (SSSR count). The highest BCUT2D eigenvalue weighted by molar-refractivity contribution is 7.99. The summed E-state index contributed by atoms with van der Waals surface area (Å²) in [5.41, 5.74) is 0. The molecular formula is C11H19N3OS. The van der Waals surface area contributed by atoms with Gasteiger partial charge >= 0.3 is 0 Å². The largest absolute Gasteiger partial charge is 0.478 e. The van der Waals surface area contributed by atoms with Gasteiger partial charge in [-0.15, -0.1) is 0 Å². The molecule has 0 aromatic carbocycles. The molecule has 0 aliphatic carbocycles. The highest BCUT2D eigenvalue weighted by atomic mass is 32.2. The van der Waals surface area contributed by atoms with Gasteiger partial charge in [-0.3, -0.25) is 0 Å². The number of ether oxygens (including phenoxy) is 1. The summed E-state index contributed by atoms with van der Waals surface area (Å²) < 4.78 is 5.31. The van der Waals surface area contributed by atoms with E-state index in [-0.39, 0.29) is 0 Å². The maximum atomic E-state index is 5.31. The van der Waals surface area contributed by atoms with Crippen molar-refractivity contribution < 1.29 is 4.74 Å². The Morgan fingerprint density at radius 3 is 3.00 bits per heavy atom. The zero-order chi connectivity index (χ0) is 11.8. The first-order chi connectivity index (χ1) is 7.76. The average Bonchev–Trinajstić information content (AvgIpc) is 2.27. The molecule has 0 spiro atoms. The number of hydrogen-bond donors (Lipinski definition) is 1. The third-order valence-corrected chi connectivity index (χ3v) is 3.01. The molecule has 1 N–H and O–H groups in total. The van der Waals surface area contributed by atoms with E-state index >= 15 is 0 Å². The molecule has 0 saturated heterocycles. The van der Waals surface area contributed by atoms with Crippen molar-refractivity contribution in [1.29, 1.82) is 0 Å². The quantitative estimate of drug-likeness (QED) is 0.794. The lowest BCUT2D eigenvalue weighted by atomic mass is 10.4. The topological polar surface area (TPSA) is 47.0 Å². The third-order valence-electron chi connectivity index (χ3n) is 1.87. The standard InChI is InChI=1S/C11H19N3OS/c1-4-15-10-6-7-12-11(14-10)13-9(3)8-16-5-2/h6-7,9H,4-5,8H2,1-3H3,(H,12,13,14). The molecule has 1 aromatic heterocycles. The Hall–Kier alpha value is -0.970. The number of nitrogens with one attached hydrogen (secondary N) is 1. The predicted octanol–water partition coefficient (Wildman–Crippen LogP) is 2.43. The summed E-state index contributed by atoms with van der Waals surface area (Å²) in [6.07, 6.45) is 1.71. The van der Waals surface area contributed by atoms with Crippen molar-refractivity contribution in [1.82, 2.24) is 9.97 Å². The van der Waals surface area contributed by atoms with Gasteiger partial charge in [0.1, 0.15) is 0 Å². The number of rotatable bonds is 7. The molecule has 90 valence electrons. The summed E-state index contributed by atoms with van der Waals surface area (Å²) in [7, 11) is 0. The Balaban J connectivity index is 2.49. The van der Waals surface area contributed by atoms with Crippen molar-refractivity contribution in [2.75, 3.05) is 23.4 Å². The van der Waals surface area contributed by atoms with Gasteiger partial charge in [0.15, 0.2) is 0 Å². The number of thioether (sulfide) groups is 1. The van der Waals surface area contributed by atoms with Crippen LogP contribution in [0.25, 0.3) is 0 Å². The van der Waals surface area contributed by atoms with Gasteiger partial charge in [0.2, 0.25) is 11.8 Å². The Labute approximate surface area is 101 Å². The number of nitrogens with zero attached hydrogens (tertiary/aromatic N) is 2. The summed E-state index contributed by atoms with van der Waals surface area (Å²) in [6, 6.07) is 2.13. The van der Waals surface area contributed by atoms with E-state index in [9.17, 15) is 0 Å². The Morgan fingerprint density at radius 2 is 2.31 bits per heavy atom. The molecular weight excluding hydrogens is 222 g/mol. The van der Waals surface area contributed by atoms with Crippen LogP contribution in [0, 0.1) is 0 Å². The SMILES string of the molecule is CCOc1ccnc(NC(C)CSCC)n1. The van der Waals surface area contributed by atoms with Crippen LogP contribution in [-0.4, -0.2) is 34.1 Å². The lowest BCUT2D eigenvalue weighted by Crippen LogP contribution is -2.19. The van der Waals surface area contributed by atoms with Crippen LogP contribution in [0.5, 0.6) is 5.88 Å². The summed E-state index contributed by atoms with van der Waals surface area (Å²) in [5.74, 6) is 3.44. The summed E-state index contributed by atoms with van der Waals surface area (Å²) in [6.45, 7) is 6.84. The molecule has 1 unspecified atom stereocenters. The van der Waals surface area contributed by atoms with Gasteiger partial charge in [-0.1, -0.05) is 6.92 Å². The van der Waals surface area contributed by atoms with E-state index in [4.69, 9.17) is 4.74 Å². The molecule has 0 aliphatic rings. The molecule has 1 aromatic rings. The average molecular weight is 241 g/mol. The smallest absolute Gasteiger partial charge is 0.226 e. The van der Waals surface area contributed by atoms with E-state index in [0.717, 1.165) is 11.5 Å². The van der Waals surface area contributed by atoms with Crippen LogP contribution in [-0.2, 0) is 0 Å². The zero-order valence-corrected chi connectivity index (χ0v) is 10.9. The van der Waals surface area contributed by atoms with Gasteiger partial charge < -0.3 is 10.1 Å². The number of hydrogen-bond acceptors (Lipinski definition) is 5. The van der Waals surface area contributed by atoms with Crippen LogP contribution in [0.2, 0.25) is 0 Å². The normalized spacial score (nSPS) is 12.2. The molecule has 1 atom stereocenters. The van der Waals surface area contributed by atoms with E-state index in [2.05, 4.69) is 29.1 Å². The third kappa shape index (κ3) is 4.70. The van der Waals surface area contributed by atoms with Crippen molar-refractivity contribution in [3.8, 4) is 5.88 Å². The van der Waals surface area contributed by atoms with Crippen molar-refractivity contribution in [2.45, 2.75) is 26.8 Å². The van der Waals surface area contributed by atoms with Crippen LogP contribution in [0.1, 0.15) is 20.8 Å². The minimum Gasteiger partial charge on any atom is -0.478 e. The minimum absolute atomic E-state index is 0.363. The Bertz CT molecular complexity index is 309. The van der Waals surface area contributed by atoms with Crippen molar-refractivity contribution in [3.63, 3.8) is 0 Å². The molecule has 0 fully saturated rings. The number of anilines is 1. The van der Waals surface area contributed by atoms with E-state index < -0.39 is 0 Å². The summed E-state index contributed by atoms with van der Waals surface area (Å²) >= 11 is 1.90. The maximum Gasteiger partial charge on any atom is 0.226 e. The highest BCUT2D eigenvalue weighted by Crippen LogP contribution is 2.10. The molecule has 1 heterocycles. The van der Waals surface area contributed by atoms with Crippen molar-refractivity contribution >= 4 is 17.7 Å². The molecule has 0 aliphatic heterocycles. The monoisotopic (exact) mass is 241 g/mol. The number of aromatic nitrogens is 2. The van der Waals surface area contributed by atoms with Crippen LogP contribution in [0.15, 0.2) is 12.3 Å². The van der Waals surface area contributed by atoms with Gasteiger partial charge in [0.25, 0.3) is 0 Å². The van der Waals surface area contributed by atoms with Gasteiger partial charge in [0, 0.05) is 24.1 Å². The maximum absolute atomic E-state index is 5.31. The predicted molar refractivity (Wildman–Crippen MR) is 69.3 cm³/mol. The first-order valence-electron chi connectivity index (χ1n) is 5.56. The van der Waals surface area contributed by atoms with Gasteiger partial charge in [-0.25, -0.2) is 4.98 Å². The molecule has 0 bridgehead atoms. The molecule has 16 heavy (non-hydrogen) atoms. The Kier molecular flexibility index (Phi) is 6.00. The summed E-state index contributed by atoms with van der Waals surface area (Å²) in [5, 5.41) is 3.25. The molecule has 0 saturated carbocycles. The van der Waals surface area contributed by atoms with E-state index in [1.165, 1.54) is 0 Å². The van der Waals surface area contributed by atoms with Gasteiger partial charge in [0.05, 0.1) is 6.61 Å². The fraction of sp³-hybridized carbons (Fsp3) is 0.636. The molecule has 0 amide bonds. The van der Waals surface area contributed by atoms with Crippen molar-refractivity contribution in [3.05, 3.63) is 12.3 Å². The summed E-state index contributed by atoms with van der Waals surface area (Å²) in [4.78, 5) is 8.42. The van der Waals surface area contributed by atoms with E-state index in [0.29, 0.717) is 24.5 Å². The van der Waals surface area contributed by atoms with E-state index in [1.807, 2.05) is 18.7 Å². The molecule has 4 nitrogen and oxygen atoms in total. The first kappa shape index (κ1) is 13.1. The van der Waals surface area contributed by atoms with Crippen LogP contribution in [0.3, 0.4) is 0 Å². The second-order valence-electron chi connectivity index (χ2n) is 3.36. The molecule has 0 radical (unpaired) electrons. The van der Waals surface area contributed by atoms with Crippen LogP contribution >= 0.6 is 11.8 Å². The zero-order valence-electron chi connectivity index (χ0n) is 10.1. The Morgan fingerprint density at radius 1 is 1.50 bits per heavy atom. The fourth-order valence-electron chi connectivity index (χ4n) is 1.20. The van der Waals surface area contributed by atoms with Gasteiger partial charge in [-0.2, -0.15) is 16.7 Å². The van der Waals surface area contributed by atoms with E-state index in [1.54, 1.807) is 12.3 Å². The van der Waals surface area contributed by atoms with Crippen LogP contribution < -0.4 is 10.1 Å². The second-order valence-corrected chi connectivity index (χ2v) is 4.68. The second kappa shape index (κ2) is 7.33. The van der Waals surface area contributed by atoms with Gasteiger partial charge in [-0.05, 0) is 19.6 Å². The highest BCUT2D eigenvalue weighted by Gasteiger charge is 2.04. The van der Waals surface area contributed by atoms with Crippen LogP contribution in [0.4, 0.5) is 5.95 Å². The first-order valence-corrected chi connectivity index (χ1v) is 6.71. The lowest BCUT2D eigenvalue weighted by Gasteiger charge is -2.13. The minimum atomic E-state index is 0.363. The fourth-order valence-corrected chi connectivity index (χ4v) is 1.87. The lowest BCUT2D eigenvalue weighted by molar-refractivity contribution is 0.326. The van der Waals surface area contributed by atoms with Crippen molar-refractivity contribution in [2.24, 2.45) is 0 Å².